The Balaban J connectivity index is 2.38. The Hall–Kier alpha value is -2.15. The van der Waals surface area contributed by atoms with Crippen molar-refractivity contribution in [3.05, 3.63) is 33.9 Å². The lowest BCUT2D eigenvalue weighted by Gasteiger charge is -2.24. The van der Waals surface area contributed by atoms with Crippen LogP contribution in [-0.2, 0) is 0 Å². The molecule has 0 saturated carbocycles. The number of aliphatic hydroxyl groups is 1. The lowest BCUT2D eigenvalue weighted by atomic mass is 9.98. The molecule has 0 amide bonds. The van der Waals surface area contributed by atoms with Crippen LogP contribution < -0.4 is 4.90 Å². The fourth-order valence-electron chi connectivity index (χ4n) is 2.57. The molecular weight excluding hydrogens is 276 g/mol. The highest BCUT2D eigenvalue weighted by molar-refractivity contribution is 5.90. The number of nitrogens with zero attached hydrogens (tertiary/aromatic N) is 2. The summed E-state index contributed by atoms with van der Waals surface area (Å²) in [5.74, 6) is -1.12. The lowest BCUT2D eigenvalue weighted by molar-refractivity contribution is -0.384. The van der Waals surface area contributed by atoms with E-state index in [1.165, 1.54) is 18.2 Å². The summed E-state index contributed by atoms with van der Waals surface area (Å²) < 4.78 is 0. The fraction of sp³-hybridized carbons (Fsp3) is 0.500. The molecule has 0 aromatic heterocycles. The number of carboxylic acids is 1. The molecule has 1 aromatic rings. The van der Waals surface area contributed by atoms with Crippen molar-refractivity contribution in [2.24, 2.45) is 0 Å². The molecule has 1 aliphatic rings. The van der Waals surface area contributed by atoms with Crippen LogP contribution >= 0.6 is 0 Å². The molecule has 0 aliphatic carbocycles. The zero-order chi connectivity index (χ0) is 15.6. The summed E-state index contributed by atoms with van der Waals surface area (Å²) >= 11 is 0. The number of carboxylic acid groups (broad SMARTS) is 1. The minimum absolute atomic E-state index is 0.0200. The second kappa shape index (κ2) is 5.69. The maximum Gasteiger partial charge on any atom is 0.335 e. The fourth-order valence-corrected chi connectivity index (χ4v) is 2.57. The Kier molecular flexibility index (Phi) is 4.13. The molecule has 1 aromatic carbocycles. The van der Waals surface area contributed by atoms with E-state index in [9.17, 15) is 20.0 Å². The van der Waals surface area contributed by atoms with Gasteiger partial charge in [0.05, 0.1) is 16.1 Å². The van der Waals surface area contributed by atoms with Gasteiger partial charge in [-0.15, -0.1) is 0 Å². The van der Waals surface area contributed by atoms with Crippen molar-refractivity contribution in [1.29, 1.82) is 0 Å². The molecule has 0 radical (unpaired) electrons. The van der Waals surface area contributed by atoms with Crippen LogP contribution in [0.1, 0.15) is 36.5 Å². The summed E-state index contributed by atoms with van der Waals surface area (Å²) in [5.41, 5.74) is -0.570. The number of hydrogen-bond acceptors (Lipinski definition) is 5. The summed E-state index contributed by atoms with van der Waals surface area (Å²) in [6, 6.07) is 3.79. The monoisotopic (exact) mass is 294 g/mol. The van der Waals surface area contributed by atoms with Gasteiger partial charge in [0.25, 0.3) is 5.69 Å². The van der Waals surface area contributed by atoms with Crippen molar-refractivity contribution in [3.8, 4) is 0 Å². The van der Waals surface area contributed by atoms with Crippen molar-refractivity contribution in [3.63, 3.8) is 0 Å². The Labute approximate surface area is 122 Å². The van der Waals surface area contributed by atoms with Crippen molar-refractivity contribution in [1.82, 2.24) is 0 Å². The Bertz CT molecular complexity index is 570. The molecule has 1 saturated heterocycles. The molecule has 114 valence electrons. The number of aromatic carboxylic acids is 1. The minimum Gasteiger partial charge on any atom is -0.478 e. The van der Waals surface area contributed by atoms with E-state index in [0.29, 0.717) is 38.0 Å². The standard InChI is InChI=1S/C14H18N2O5/c1-14(19)5-2-7-15(8-6-14)12-9-10(13(17)18)3-4-11(12)16(20)21/h3-4,9,19H,2,5-8H2,1H3,(H,17,18). The summed E-state index contributed by atoms with van der Waals surface area (Å²) in [4.78, 5) is 23.5. The van der Waals surface area contributed by atoms with E-state index in [1.54, 1.807) is 11.8 Å². The topological polar surface area (TPSA) is 104 Å². The van der Waals surface area contributed by atoms with Gasteiger partial charge in [0, 0.05) is 19.2 Å². The van der Waals surface area contributed by atoms with Crippen LogP contribution in [0.15, 0.2) is 18.2 Å². The highest BCUT2D eigenvalue weighted by atomic mass is 16.6. The third kappa shape index (κ3) is 3.49. The second-order valence-corrected chi connectivity index (χ2v) is 5.60. The number of benzene rings is 1. The first kappa shape index (κ1) is 15.2. The van der Waals surface area contributed by atoms with E-state index >= 15 is 0 Å². The van der Waals surface area contributed by atoms with Gasteiger partial charge >= 0.3 is 5.97 Å². The summed E-state index contributed by atoms with van der Waals surface area (Å²) in [5, 5.41) is 30.3. The molecule has 1 atom stereocenters. The zero-order valence-corrected chi connectivity index (χ0v) is 11.8. The second-order valence-electron chi connectivity index (χ2n) is 5.60. The van der Waals surface area contributed by atoms with Gasteiger partial charge in [-0.05, 0) is 38.3 Å². The Morgan fingerprint density at radius 2 is 2.10 bits per heavy atom. The van der Waals surface area contributed by atoms with E-state index < -0.39 is 16.5 Å². The maximum atomic E-state index is 11.1. The molecule has 0 bridgehead atoms. The molecule has 7 nitrogen and oxygen atoms in total. The van der Waals surface area contributed by atoms with E-state index in [2.05, 4.69) is 0 Å². The molecule has 2 N–H and O–H groups in total. The van der Waals surface area contributed by atoms with E-state index in [4.69, 9.17) is 5.11 Å². The van der Waals surface area contributed by atoms with Crippen molar-refractivity contribution in [2.45, 2.75) is 31.8 Å². The first-order valence-electron chi connectivity index (χ1n) is 6.79. The molecule has 1 aliphatic heterocycles. The van der Waals surface area contributed by atoms with Gasteiger partial charge in [0.15, 0.2) is 0 Å². The van der Waals surface area contributed by atoms with E-state index in [-0.39, 0.29) is 11.3 Å². The zero-order valence-electron chi connectivity index (χ0n) is 11.8. The smallest absolute Gasteiger partial charge is 0.335 e. The van der Waals surface area contributed by atoms with Crippen LogP contribution in [0.4, 0.5) is 11.4 Å². The molecule has 21 heavy (non-hydrogen) atoms. The SMILES string of the molecule is CC1(O)CCCN(c2cc(C(=O)O)ccc2[N+](=O)[O-])CC1. The van der Waals surface area contributed by atoms with Crippen LogP contribution in [0, 0.1) is 10.1 Å². The van der Waals surface area contributed by atoms with Crippen LogP contribution in [0.25, 0.3) is 0 Å². The van der Waals surface area contributed by atoms with Gasteiger partial charge in [-0.3, -0.25) is 10.1 Å². The third-order valence-electron chi connectivity index (χ3n) is 3.82. The first-order chi connectivity index (χ1) is 9.80. The van der Waals surface area contributed by atoms with Crippen molar-refractivity contribution < 1.29 is 19.9 Å². The molecular formula is C14H18N2O5. The van der Waals surface area contributed by atoms with Gasteiger partial charge in [-0.25, -0.2) is 4.79 Å². The summed E-state index contributed by atoms with van der Waals surface area (Å²) in [7, 11) is 0. The van der Waals surface area contributed by atoms with E-state index in [0.717, 1.165) is 0 Å². The van der Waals surface area contributed by atoms with Crippen LogP contribution in [0.5, 0.6) is 0 Å². The van der Waals surface area contributed by atoms with Crippen LogP contribution in [-0.4, -0.2) is 39.8 Å². The molecule has 1 fully saturated rings. The molecule has 1 heterocycles. The normalized spacial score (nSPS) is 22.7. The maximum absolute atomic E-state index is 11.1. The van der Waals surface area contributed by atoms with Crippen molar-refractivity contribution >= 4 is 17.3 Å². The number of nitro groups is 1. The summed E-state index contributed by atoms with van der Waals surface area (Å²) in [6.07, 6.45) is 1.80. The van der Waals surface area contributed by atoms with Gasteiger partial charge in [0.1, 0.15) is 5.69 Å². The van der Waals surface area contributed by atoms with Gasteiger partial charge in [-0.2, -0.15) is 0 Å². The number of nitro benzene ring substituents is 1. The summed E-state index contributed by atoms with van der Waals surface area (Å²) in [6.45, 7) is 2.76. The quantitative estimate of drug-likeness (QED) is 0.653. The Morgan fingerprint density at radius 1 is 1.38 bits per heavy atom. The predicted octanol–water partition coefficient (Wildman–Crippen LogP) is 2.03. The number of anilines is 1. The van der Waals surface area contributed by atoms with Gasteiger partial charge in [0.2, 0.25) is 0 Å². The third-order valence-corrected chi connectivity index (χ3v) is 3.82. The predicted molar refractivity (Wildman–Crippen MR) is 76.7 cm³/mol. The van der Waals surface area contributed by atoms with Gasteiger partial charge in [-0.1, -0.05) is 0 Å². The lowest BCUT2D eigenvalue weighted by Crippen LogP contribution is -2.28. The van der Waals surface area contributed by atoms with Crippen molar-refractivity contribution in [2.75, 3.05) is 18.0 Å². The molecule has 2 rings (SSSR count). The average molecular weight is 294 g/mol. The van der Waals surface area contributed by atoms with E-state index in [1.807, 2.05) is 0 Å². The average Bonchev–Trinajstić information content (AvgIpc) is 2.58. The number of rotatable bonds is 3. The highest BCUT2D eigenvalue weighted by Gasteiger charge is 2.28. The first-order valence-corrected chi connectivity index (χ1v) is 6.79. The van der Waals surface area contributed by atoms with Gasteiger partial charge < -0.3 is 15.1 Å². The largest absolute Gasteiger partial charge is 0.478 e. The van der Waals surface area contributed by atoms with Crippen LogP contribution in [0.3, 0.4) is 0 Å². The molecule has 0 spiro atoms. The van der Waals surface area contributed by atoms with Crippen LogP contribution in [0.2, 0.25) is 0 Å². The molecule has 1 unspecified atom stereocenters. The Morgan fingerprint density at radius 3 is 2.71 bits per heavy atom. The molecule has 7 heteroatoms. The number of carbonyl (C=O) groups is 1. The highest BCUT2D eigenvalue weighted by Crippen LogP contribution is 2.32. The number of hydrogen-bond donors (Lipinski definition) is 2. The minimum atomic E-state index is -1.12.